The summed E-state index contributed by atoms with van der Waals surface area (Å²) in [6.07, 6.45) is 3.52. The van der Waals surface area contributed by atoms with Crippen LogP contribution in [0.3, 0.4) is 0 Å². The minimum absolute atomic E-state index is 0.740. The van der Waals surface area contributed by atoms with Gasteiger partial charge in [-0.15, -0.1) is 22.7 Å². The summed E-state index contributed by atoms with van der Waals surface area (Å²) in [6, 6.07) is 9.91. The highest BCUT2D eigenvalue weighted by Crippen LogP contribution is 2.24. The first-order chi connectivity index (χ1) is 10.4. The quantitative estimate of drug-likeness (QED) is 0.680. The van der Waals surface area contributed by atoms with Crippen molar-refractivity contribution in [2.75, 3.05) is 6.54 Å². The first kappa shape index (κ1) is 13.9. The summed E-state index contributed by atoms with van der Waals surface area (Å²) in [5.74, 6) is 0. The molecule has 0 unspecified atom stereocenters. The second-order valence-corrected chi connectivity index (χ2v) is 5.95. The Kier molecular flexibility index (Phi) is 4.37. The van der Waals surface area contributed by atoms with Gasteiger partial charge in [0, 0.05) is 18.1 Å². The predicted molar refractivity (Wildman–Crippen MR) is 89.0 cm³/mol. The summed E-state index contributed by atoms with van der Waals surface area (Å²) in [5.41, 5.74) is 1.89. The van der Waals surface area contributed by atoms with Crippen LogP contribution < -0.4 is 4.80 Å². The van der Waals surface area contributed by atoms with Gasteiger partial charge in [-0.1, -0.05) is 12.1 Å². The van der Waals surface area contributed by atoms with Crippen LogP contribution in [0, 0.1) is 0 Å². The number of rotatable bonds is 4. The van der Waals surface area contributed by atoms with Gasteiger partial charge in [-0.3, -0.25) is 9.98 Å². The largest absolute Gasteiger partial charge is 0.258 e. The molecule has 21 heavy (non-hydrogen) atoms. The number of hydrogen-bond donors (Lipinski definition) is 0. The summed E-state index contributed by atoms with van der Waals surface area (Å²) in [7, 11) is 0. The minimum Gasteiger partial charge on any atom is -0.258 e. The molecular weight excluding hydrogens is 300 g/mol. The Morgan fingerprint density at radius 1 is 1.24 bits per heavy atom. The zero-order valence-corrected chi connectivity index (χ0v) is 13.1. The van der Waals surface area contributed by atoms with Crippen LogP contribution in [0.15, 0.2) is 57.4 Å². The highest BCUT2D eigenvalue weighted by Gasteiger charge is 2.07. The van der Waals surface area contributed by atoms with Crippen LogP contribution in [0.4, 0.5) is 0 Å². The second kappa shape index (κ2) is 6.60. The maximum Gasteiger partial charge on any atom is 0.206 e. The molecule has 0 aromatic carbocycles. The van der Waals surface area contributed by atoms with Crippen molar-refractivity contribution >= 4 is 28.9 Å². The molecular formula is C15H14N4S2. The van der Waals surface area contributed by atoms with Crippen LogP contribution >= 0.6 is 22.7 Å². The maximum atomic E-state index is 4.56. The van der Waals surface area contributed by atoms with Gasteiger partial charge in [0.05, 0.1) is 22.5 Å². The summed E-state index contributed by atoms with van der Waals surface area (Å²) in [5, 5.41) is 8.72. The first-order valence-corrected chi connectivity index (χ1v) is 8.34. The van der Waals surface area contributed by atoms with E-state index < -0.39 is 0 Å². The number of nitrogens with zero attached hydrogens (tertiary/aromatic N) is 4. The van der Waals surface area contributed by atoms with Crippen molar-refractivity contribution < 1.29 is 0 Å². The van der Waals surface area contributed by atoms with Gasteiger partial charge in [-0.2, -0.15) is 5.10 Å². The van der Waals surface area contributed by atoms with E-state index in [1.165, 1.54) is 4.88 Å². The molecule has 0 saturated heterocycles. The van der Waals surface area contributed by atoms with E-state index in [9.17, 15) is 0 Å². The van der Waals surface area contributed by atoms with Crippen molar-refractivity contribution in [3.8, 4) is 10.6 Å². The monoisotopic (exact) mass is 314 g/mol. The van der Waals surface area contributed by atoms with E-state index in [4.69, 9.17) is 0 Å². The van der Waals surface area contributed by atoms with Crippen LogP contribution in [0.25, 0.3) is 10.6 Å². The topological polar surface area (TPSA) is 42.5 Å². The highest BCUT2D eigenvalue weighted by molar-refractivity contribution is 7.14. The molecule has 0 bridgehead atoms. The number of pyridine rings is 1. The van der Waals surface area contributed by atoms with Gasteiger partial charge in [-0.25, -0.2) is 4.68 Å². The molecule has 0 saturated carbocycles. The number of hydrogen-bond acceptors (Lipinski definition) is 5. The maximum absolute atomic E-state index is 4.56. The molecule has 0 amide bonds. The zero-order chi connectivity index (χ0) is 14.5. The molecule has 0 aliphatic heterocycles. The molecule has 3 aromatic rings. The molecule has 0 spiro atoms. The Morgan fingerprint density at radius 2 is 2.19 bits per heavy atom. The van der Waals surface area contributed by atoms with Crippen LogP contribution in [0.2, 0.25) is 0 Å². The minimum atomic E-state index is 0.740. The van der Waals surface area contributed by atoms with Crippen LogP contribution in [-0.4, -0.2) is 22.4 Å². The van der Waals surface area contributed by atoms with Crippen molar-refractivity contribution in [1.29, 1.82) is 0 Å². The summed E-state index contributed by atoms with van der Waals surface area (Å²) < 4.78 is 1.88. The summed E-state index contributed by atoms with van der Waals surface area (Å²) in [4.78, 5) is 10.8. The average molecular weight is 314 g/mol. The summed E-state index contributed by atoms with van der Waals surface area (Å²) in [6.45, 7) is 2.76. The lowest BCUT2D eigenvalue weighted by atomic mass is 10.4. The molecule has 6 heteroatoms. The van der Waals surface area contributed by atoms with Gasteiger partial charge in [-0.05, 0) is 30.5 Å². The van der Waals surface area contributed by atoms with Gasteiger partial charge in [0.2, 0.25) is 4.80 Å². The SMILES string of the molecule is CCN=c1scc(-c2cccs2)n1/N=C\c1ccccn1. The highest BCUT2D eigenvalue weighted by atomic mass is 32.1. The third-order valence-electron chi connectivity index (χ3n) is 2.75. The van der Waals surface area contributed by atoms with Crippen molar-refractivity contribution in [3.05, 3.63) is 57.8 Å². The molecule has 4 nitrogen and oxygen atoms in total. The molecule has 0 atom stereocenters. The first-order valence-electron chi connectivity index (χ1n) is 6.59. The van der Waals surface area contributed by atoms with Crippen LogP contribution in [0.1, 0.15) is 12.6 Å². The zero-order valence-electron chi connectivity index (χ0n) is 11.5. The fourth-order valence-corrected chi connectivity index (χ4v) is 3.51. The number of aromatic nitrogens is 2. The van der Waals surface area contributed by atoms with E-state index in [0.717, 1.165) is 22.7 Å². The van der Waals surface area contributed by atoms with E-state index in [0.29, 0.717) is 0 Å². The van der Waals surface area contributed by atoms with Crippen molar-refractivity contribution in [2.24, 2.45) is 10.1 Å². The molecule has 3 aromatic heterocycles. The van der Waals surface area contributed by atoms with Crippen LogP contribution in [0.5, 0.6) is 0 Å². The molecule has 106 valence electrons. The summed E-state index contributed by atoms with van der Waals surface area (Å²) >= 11 is 3.30. The van der Waals surface area contributed by atoms with Crippen molar-refractivity contribution in [1.82, 2.24) is 9.66 Å². The van der Waals surface area contributed by atoms with E-state index in [2.05, 4.69) is 31.9 Å². The Labute approximate surface area is 130 Å². The van der Waals surface area contributed by atoms with E-state index in [1.54, 1.807) is 35.1 Å². The molecule has 0 aliphatic carbocycles. The Bertz CT molecular complexity index is 783. The predicted octanol–water partition coefficient (Wildman–Crippen LogP) is 3.48. The standard InChI is InChI=1S/C15H14N4S2/c1-2-16-15-19(18-10-12-6-3-4-8-17-12)13(11-21-15)14-7-5-9-20-14/h3-11H,2H2,1H3/b16-15?,18-10-. The van der Waals surface area contributed by atoms with Crippen molar-refractivity contribution in [2.45, 2.75) is 6.92 Å². The average Bonchev–Trinajstić information content (AvgIpc) is 3.16. The van der Waals surface area contributed by atoms with Gasteiger partial charge in [0.15, 0.2) is 0 Å². The van der Waals surface area contributed by atoms with Gasteiger partial charge >= 0.3 is 0 Å². The molecule has 0 radical (unpaired) electrons. The fraction of sp³-hybridized carbons (Fsp3) is 0.133. The Hall–Kier alpha value is -2.05. The lowest BCUT2D eigenvalue weighted by Crippen LogP contribution is -2.12. The Balaban J connectivity index is 2.05. The van der Waals surface area contributed by atoms with E-state index in [-0.39, 0.29) is 0 Å². The van der Waals surface area contributed by atoms with Gasteiger partial charge in [0.1, 0.15) is 0 Å². The van der Waals surface area contributed by atoms with Gasteiger partial charge < -0.3 is 0 Å². The second-order valence-electron chi connectivity index (χ2n) is 4.17. The number of thiazole rings is 1. The van der Waals surface area contributed by atoms with E-state index >= 15 is 0 Å². The molecule has 0 N–H and O–H groups in total. The normalized spacial score (nSPS) is 12.3. The van der Waals surface area contributed by atoms with Crippen LogP contribution in [-0.2, 0) is 0 Å². The lowest BCUT2D eigenvalue weighted by Gasteiger charge is -2.00. The fourth-order valence-electron chi connectivity index (χ4n) is 1.82. The third-order valence-corrected chi connectivity index (χ3v) is 4.49. The van der Waals surface area contributed by atoms with Crippen molar-refractivity contribution in [3.63, 3.8) is 0 Å². The smallest absolute Gasteiger partial charge is 0.206 e. The lowest BCUT2D eigenvalue weighted by molar-refractivity contribution is 0.834. The number of thiophene rings is 1. The Morgan fingerprint density at radius 3 is 2.90 bits per heavy atom. The molecule has 0 aliphatic rings. The van der Waals surface area contributed by atoms with E-state index in [1.807, 2.05) is 35.9 Å². The molecule has 3 heterocycles. The van der Waals surface area contributed by atoms with Gasteiger partial charge in [0.25, 0.3) is 0 Å². The molecule has 0 fully saturated rings. The molecule has 3 rings (SSSR count). The third kappa shape index (κ3) is 3.17.